The molecule has 1 aromatic heterocycles. The Labute approximate surface area is 114 Å². The van der Waals surface area contributed by atoms with E-state index in [1.807, 2.05) is 4.72 Å². The fourth-order valence-electron chi connectivity index (χ4n) is 1.62. The third-order valence-corrected chi connectivity index (χ3v) is 3.87. The van der Waals surface area contributed by atoms with Crippen molar-refractivity contribution >= 4 is 15.7 Å². The Balaban J connectivity index is 2.36. The molecule has 0 amide bonds. The van der Waals surface area contributed by atoms with E-state index in [1.54, 1.807) is 7.05 Å². The van der Waals surface area contributed by atoms with Crippen molar-refractivity contribution in [2.24, 2.45) is 0 Å². The van der Waals surface area contributed by atoms with Crippen LogP contribution in [0.25, 0.3) is 0 Å². The monoisotopic (exact) mass is 302 g/mol. The van der Waals surface area contributed by atoms with Gasteiger partial charge in [0.05, 0.1) is 11.9 Å². The van der Waals surface area contributed by atoms with E-state index in [0.717, 1.165) is 18.2 Å². The smallest absolute Gasteiger partial charge is 0.279 e. The van der Waals surface area contributed by atoms with Gasteiger partial charge in [0.1, 0.15) is 11.6 Å². The first-order chi connectivity index (χ1) is 9.44. The van der Waals surface area contributed by atoms with Crippen LogP contribution in [0.3, 0.4) is 0 Å². The molecule has 0 atom stereocenters. The molecule has 0 saturated carbocycles. The second-order valence-corrected chi connectivity index (χ2v) is 5.60. The second-order valence-electron chi connectivity index (χ2n) is 3.98. The van der Waals surface area contributed by atoms with E-state index >= 15 is 0 Å². The number of nitrogens with one attached hydrogen (secondary N) is 3. The summed E-state index contributed by atoms with van der Waals surface area (Å²) in [5.74, 6) is -1.62. The van der Waals surface area contributed by atoms with E-state index in [-0.39, 0.29) is 11.6 Å². The number of sulfonamides is 1. The third kappa shape index (κ3) is 2.94. The molecular formula is C11H12F2N4O2S. The Morgan fingerprint density at radius 1 is 1.35 bits per heavy atom. The summed E-state index contributed by atoms with van der Waals surface area (Å²) in [5, 5.41) is 8.55. The zero-order chi connectivity index (χ0) is 14.8. The van der Waals surface area contributed by atoms with Gasteiger partial charge in [-0.25, -0.2) is 8.78 Å². The van der Waals surface area contributed by atoms with Crippen LogP contribution in [0.4, 0.5) is 14.5 Å². The highest BCUT2D eigenvalue weighted by Gasteiger charge is 2.22. The summed E-state index contributed by atoms with van der Waals surface area (Å²) < 4.78 is 52.7. The van der Waals surface area contributed by atoms with Crippen LogP contribution >= 0.6 is 0 Å². The van der Waals surface area contributed by atoms with Gasteiger partial charge in [0.15, 0.2) is 5.03 Å². The van der Waals surface area contributed by atoms with Crippen LogP contribution in [-0.4, -0.2) is 25.7 Å². The topological polar surface area (TPSA) is 86.9 Å². The minimum absolute atomic E-state index is 0.199. The number of hydrogen-bond acceptors (Lipinski definition) is 4. The molecule has 1 heterocycles. The maximum absolute atomic E-state index is 13.5. The van der Waals surface area contributed by atoms with Gasteiger partial charge in [-0.15, -0.1) is 0 Å². The van der Waals surface area contributed by atoms with Crippen LogP contribution < -0.4 is 10.0 Å². The SMILES string of the molecule is CNCc1cn[nH]c1S(=O)(=O)Nc1cc(F)ccc1F. The average Bonchev–Trinajstić information content (AvgIpc) is 2.83. The van der Waals surface area contributed by atoms with E-state index in [4.69, 9.17) is 0 Å². The molecule has 6 nitrogen and oxygen atoms in total. The van der Waals surface area contributed by atoms with Crippen LogP contribution in [0.5, 0.6) is 0 Å². The number of H-pyrrole nitrogens is 1. The van der Waals surface area contributed by atoms with Crippen LogP contribution in [0, 0.1) is 11.6 Å². The van der Waals surface area contributed by atoms with Gasteiger partial charge in [0.25, 0.3) is 10.0 Å². The number of hydrogen-bond donors (Lipinski definition) is 3. The molecule has 0 saturated heterocycles. The largest absolute Gasteiger partial charge is 0.316 e. The summed E-state index contributed by atoms with van der Waals surface area (Å²) >= 11 is 0. The number of halogens is 2. The molecule has 108 valence electrons. The molecule has 0 spiro atoms. The standard InChI is InChI=1S/C11H12F2N4O2S/c1-14-5-7-6-15-16-11(7)20(18,19)17-10-4-8(12)2-3-9(10)13/h2-4,6,14,17H,5H2,1H3,(H,15,16). The Hall–Kier alpha value is -2.00. The van der Waals surface area contributed by atoms with Crippen molar-refractivity contribution in [1.29, 1.82) is 0 Å². The predicted molar refractivity (Wildman–Crippen MR) is 68.5 cm³/mol. The molecule has 0 fully saturated rings. The fourth-order valence-corrected chi connectivity index (χ4v) is 2.81. The van der Waals surface area contributed by atoms with Crippen molar-refractivity contribution in [1.82, 2.24) is 15.5 Å². The number of aromatic amines is 1. The number of rotatable bonds is 5. The molecule has 0 aliphatic rings. The number of nitrogens with zero attached hydrogens (tertiary/aromatic N) is 1. The van der Waals surface area contributed by atoms with E-state index in [2.05, 4.69) is 15.5 Å². The highest BCUT2D eigenvalue weighted by atomic mass is 32.2. The predicted octanol–water partition coefficient (Wildman–Crippen LogP) is 1.21. The number of benzene rings is 1. The van der Waals surface area contributed by atoms with Gasteiger partial charge in [-0.3, -0.25) is 9.82 Å². The first-order valence-electron chi connectivity index (χ1n) is 5.59. The van der Waals surface area contributed by atoms with Gasteiger partial charge in [-0.2, -0.15) is 13.5 Å². The Morgan fingerprint density at radius 3 is 2.80 bits per heavy atom. The Morgan fingerprint density at radius 2 is 2.10 bits per heavy atom. The van der Waals surface area contributed by atoms with Gasteiger partial charge in [0.2, 0.25) is 0 Å². The van der Waals surface area contributed by atoms with Crippen molar-refractivity contribution in [3.8, 4) is 0 Å². The van der Waals surface area contributed by atoms with Crippen molar-refractivity contribution in [3.05, 3.63) is 41.6 Å². The Bertz CT molecular complexity index is 715. The molecule has 1 aromatic carbocycles. The van der Waals surface area contributed by atoms with Crippen molar-refractivity contribution in [2.45, 2.75) is 11.6 Å². The molecule has 3 N–H and O–H groups in total. The maximum atomic E-state index is 13.5. The lowest BCUT2D eigenvalue weighted by atomic mass is 10.3. The number of aromatic nitrogens is 2. The summed E-state index contributed by atoms with van der Waals surface area (Å²) in [6.45, 7) is 0.262. The van der Waals surface area contributed by atoms with Gasteiger partial charge < -0.3 is 5.32 Å². The summed E-state index contributed by atoms with van der Waals surface area (Å²) in [4.78, 5) is 0. The molecule has 0 radical (unpaired) electrons. The number of anilines is 1. The summed E-state index contributed by atoms with van der Waals surface area (Å²) in [5.41, 5.74) is -0.0770. The van der Waals surface area contributed by atoms with Crippen molar-refractivity contribution in [2.75, 3.05) is 11.8 Å². The fraction of sp³-hybridized carbons (Fsp3) is 0.182. The van der Waals surface area contributed by atoms with E-state index < -0.39 is 27.3 Å². The molecule has 9 heteroatoms. The highest BCUT2D eigenvalue weighted by molar-refractivity contribution is 7.92. The second kappa shape index (κ2) is 5.55. The summed E-state index contributed by atoms with van der Waals surface area (Å²) in [7, 11) is -2.43. The molecule has 20 heavy (non-hydrogen) atoms. The lowest BCUT2D eigenvalue weighted by molar-refractivity contribution is 0.590. The van der Waals surface area contributed by atoms with Gasteiger partial charge >= 0.3 is 0 Å². The van der Waals surface area contributed by atoms with Crippen LogP contribution in [0.15, 0.2) is 29.4 Å². The zero-order valence-electron chi connectivity index (χ0n) is 10.4. The normalized spacial score (nSPS) is 11.6. The van der Waals surface area contributed by atoms with Crippen molar-refractivity contribution in [3.63, 3.8) is 0 Å². The molecule has 0 unspecified atom stereocenters. The van der Waals surface area contributed by atoms with Gasteiger partial charge in [0, 0.05) is 18.2 Å². The third-order valence-electron chi connectivity index (χ3n) is 2.49. The molecule has 0 aliphatic carbocycles. The van der Waals surface area contributed by atoms with E-state index in [1.165, 1.54) is 6.20 Å². The van der Waals surface area contributed by atoms with Gasteiger partial charge in [-0.05, 0) is 19.2 Å². The molecule has 0 aliphatic heterocycles. The minimum Gasteiger partial charge on any atom is -0.316 e. The molecule has 2 rings (SSSR count). The van der Waals surface area contributed by atoms with E-state index in [0.29, 0.717) is 5.56 Å². The quantitative estimate of drug-likeness (QED) is 0.775. The molecular weight excluding hydrogens is 290 g/mol. The van der Waals surface area contributed by atoms with Crippen LogP contribution in [-0.2, 0) is 16.6 Å². The maximum Gasteiger partial charge on any atom is 0.279 e. The lowest BCUT2D eigenvalue weighted by Gasteiger charge is -2.09. The summed E-state index contributed by atoms with van der Waals surface area (Å²) in [6, 6.07) is 2.51. The Kier molecular flexibility index (Phi) is 4.00. The molecule has 0 bridgehead atoms. The first kappa shape index (κ1) is 14.4. The van der Waals surface area contributed by atoms with Crippen LogP contribution in [0.2, 0.25) is 0 Å². The molecule has 2 aromatic rings. The average molecular weight is 302 g/mol. The lowest BCUT2D eigenvalue weighted by Crippen LogP contribution is -2.18. The van der Waals surface area contributed by atoms with Crippen LogP contribution in [0.1, 0.15) is 5.56 Å². The summed E-state index contributed by atoms with van der Waals surface area (Å²) in [6.07, 6.45) is 1.34. The minimum atomic E-state index is -4.08. The first-order valence-corrected chi connectivity index (χ1v) is 7.07. The van der Waals surface area contributed by atoms with Gasteiger partial charge in [-0.1, -0.05) is 0 Å². The highest BCUT2D eigenvalue weighted by Crippen LogP contribution is 2.20. The van der Waals surface area contributed by atoms with E-state index in [9.17, 15) is 17.2 Å². The van der Waals surface area contributed by atoms with Crippen molar-refractivity contribution < 1.29 is 17.2 Å². The zero-order valence-corrected chi connectivity index (χ0v) is 11.3.